The van der Waals surface area contributed by atoms with Gasteiger partial charge in [0.1, 0.15) is 19.0 Å². The smallest absolute Gasteiger partial charge is 0.243 e. The van der Waals surface area contributed by atoms with Gasteiger partial charge in [0.2, 0.25) is 15.9 Å². The van der Waals surface area contributed by atoms with Crippen molar-refractivity contribution in [2.75, 3.05) is 25.1 Å². The van der Waals surface area contributed by atoms with Crippen molar-refractivity contribution >= 4 is 21.6 Å². The number of carbonyl (C=O) groups is 1. The van der Waals surface area contributed by atoms with Crippen LogP contribution < -0.4 is 14.8 Å². The fraction of sp³-hybridized carbons (Fsp3) is 0.208. The minimum absolute atomic E-state index is 0.0246. The number of rotatable bonds is 7. The largest absolute Gasteiger partial charge is 0.486 e. The molecule has 9 heteroatoms. The van der Waals surface area contributed by atoms with Gasteiger partial charge in [-0.2, -0.15) is 4.31 Å². The number of hydrogen-bond donors (Lipinski definition) is 1. The number of ether oxygens (including phenoxy) is 2. The predicted molar refractivity (Wildman–Crippen MR) is 121 cm³/mol. The summed E-state index contributed by atoms with van der Waals surface area (Å²) in [5, 5.41) is 2.68. The van der Waals surface area contributed by atoms with E-state index in [1.165, 1.54) is 30.3 Å². The number of anilines is 1. The third-order valence-corrected chi connectivity index (χ3v) is 6.92. The Balaban J connectivity index is 1.58. The van der Waals surface area contributed by atoms with E-state index < -0.39 is 28.3 Å². The van der Waals surface area contributed by atoms with Crippen molar-refractivity contribution in [3.05, 3.63) is 83.7 Å². The van der Waals surface area contributed by atoms with Crippen LogP contribution in [0, 0.1) is 12.7 Å². The third kappa shape index (κ3) is 5.32. The summed E-state index contributed by atoms with van der Waals surface area (Å²) in [6.07, 6.45) is 0. The van der Waals surface area contributed by atoms with Gasteiger partial charge in [0, 0.05) is 23.9 Å². The number of carbonyl (C=O) groups excluding carboxylic acids is 1. The summed E-state index contributed by atoms with van der Waals surface area (Å²) >= 11 is 0. The topological polar surface area (TPSA) is 84.9 Å². The van der Waals surface area contributed by atoms with E-state index >= 15 is 0 Å². The summed E-state index contributed by atoms with van der Waals surface area (Å²) < 4.78 is 52.9. The summed E-state index contributed by atoms with van der Waals surface area (Å²) in [4.78, 5) is 12.8. The second-order valence-corrected chi connectivity index (χ2v) is 9.52. The summed E-state index contributed by atoms with van der Waals surface area (Å²) in [5.74, 6) is -0.0514. The molecule has 0 fully saturated rings. The number of halogens is 1. The van der Waals surface area contributed by atoms with Crippen LogP contribution in [0.4, 0.5) is 10.1 Å². The van der Waals surface area contributed by atoms with Gasteiger partial charge in [0.05, 0.1) is 11.4 Å². The highest BCUT2D eigenvalue weighted by atomic mass is 32.2. The Bertz CT molecular complexity index is 1260. The summed E-state index contributed by atoms with van der Waals surface area (Å²) in [6, 6.07) is 17.1. The van der Waals surface area contributed by atoms with Gasteiger partial charge < -0.3 is 14.8 Å². The van der Waals surface area contributed by atoms with Gasteiger partial charge in [-0.05, 0) is 37.3 Å². The Kier molecular flexibility index (Phi) is 6.62. The fourth-order valence-corrected chi connectivity index (χ4v) is 4.76. The predicted octanol–water partition coefficient (Wildman–Crippen LogP) is 3.73. The van der Waals surface area contributed by atoms with Gasteiger partial charge in [-0.25, -0.2) is 12.8 Å². The molecule has 0 radical (unpaired) electrons. The molecule has 0 unspecified atom stereocenters. The van der Waals surface area contributed by atoms with Gasteiger partial charge in [-0.3, -0.25) is 4.79 Å². The highest BCUT2D eigenvalue weighted by Crippen LogP contribution is 2.32. The van der Waals surface area contributed by atoms with Gasteiger partial charge in [0.25, 0.3) is 0 Å². The molecule has 0 aliphatic carbocycles. The number of amides is 1. The van der Waals surface area contributed by atoms with Crippen LogP contribution in [-0.2, 0) is 21.4 Å². The maximum absolute atomic E-state index is 14.3. The molecule has 0 aromatic heterocycles. The number of benzene rings is 3. The number of nitrogens with zero attached hydrogens (tertiary/aromatic N) is 1. The molecule has 0 spiro atoms. The van der Waals surface area contributed by atoms with Crippen LogP contribution in [0.3, 0.4) is 0 Å². The first-order chi connectivity index (χ1) is 15.8. The molecule has 172 valence electrons. The first-order valence-corrected chi connectivity index (χ1v) is 11.8. The number of hydrogen-bond acceptors (Lipinski definition) is 5. The SMILES string of the molecule is Cc1ccc(S(=O)(=O)N(CC(=O)Nc2ccc3c(c2)OCCO3)Cc2ccccc2F)cc1. The lowest BCUT2D eigenvalue weighted by Gasteiger charge is -2.23. The molecule has 1 heterocycles. The minimum Gasteiger partial charge on any atom is -0.486 e. The van der Waals surface area contributed by atoms with Gasteiger partial charge in [-0.1, -0.05) is 35.9 Å². The molecule has 1 aliphatic heterocycles. The van der Waals surface area contributed by atoms with Crippen LogP contribution in [0.1, 0.15) is 11.1 Å². The van der Waals surface area contributed by atoms with E-state index in [0.717, 1.165) is 9.87 Å². The molecule has 1 amide bonds. The maximum atomic E-state index is 14.3. The zero-order valence-corrected chi connectivity index (χ0v) is 18.8. The van der Waals surface area contributed by atoms with E-state index in [-0.39, 0.29) is 17.0 Å². The highest BCUT2D eigenvalue weighted by Gasteiger charge is 2.28. The molecule has 0 bridgehead atoms. The monoisotopic (exact) mass is 470 g/mol. The zero-order valence-electron chi connectivity index (χ0n) is 18.0. The van der Waals surface area contributed by atoms with Crippen LogP contribution in [0.15, 0.2) is 71.6 Å². The molecule has 3 aromatic carbocycles. The van der Waals surface area contributed by atoms with E-state index in [1.807, 2.05) is 6.92 Å². The summed E-state index contributed by atoms with van der Waals surface area (Å²) in [5.41, 5.74) is 1.49. The van der Waals surface area contributed by atoms with Crippen LogP contribution >= 0.6 is 0 Å². The molecule has 1 aliphatic rings. The minimum atomic E-state index is -4.07. The van der Waals surface area contributed by atoms with Crippen molar-refractivity contribution in [2.45, 2.75) is 18.4 Å². The maximum Gasteiger partial charge on any atom is 0.243 e. The molecule has 0 saturated heterocycles. The van der Waals surface area contributed by atoms with E-state index in [1.54, 1.807) is 36.4 Å². The Morgan fingerprint density at radius 1 is 1.00 bits per heavy atom. The average Bonchev–Trinajstić information content (AvgIpc) is 2.80. The lowest BCUT2D eigenvalue weighted by Crippen LogP contribution is -2.37. The molecule has 0 saturated carbocycles. The quantitative estimate of drug-likeness (QED) is 0.569. The average molecular weight is 471 g/mol. The van der Waals surface area contributed by atoms with Gasteiger partial charge in [-0.15, -0.1) is 0 Å². The van der Waals surface area contributed by atoms with Crippen molar-refractivity contribution in [3.8, 4) is 11.5 Å². The second-order valence-electron chi connectivity index (χ2n) is 7.58. The Morgan fingerprint density at radius 3 is 2.42 bits per heavy atom. The molecule has 0 atom stereocenters. The molecule has 1 N–H and O–H groups in total. The van der Waals surface area contributed by atoms with Crippen molar-refractivity contribution < 1.29 is 27.1 Å². The van der Waals surface area contributed by atoms with E-state index in [9.17, 15) is 17.6 Å². The zero-order chi connectivity index (χ0) is 23.4. The molecular formula is C24H23FN2O5S. The fourth-order valence-electron chi connectivity index (χ4n) is 3.38. The molecule has 3 aromatic rings. The van der Waals surface area contributed by atoms with Crippen LogP contribution in [-0.4, -0.2) is 38.4 Å². The molecule has 33 heavy (non-hydrogen) atoms. The number of fused-ring (bicyclic) bond motifs is 1. The Hall–Kier alpha value is -3.43. The molecule has 7 nitrogen and oxygen atoms in total. The standard InChI is InChI=1S/C24H23FN2O5S/c1-17-6-9-20(10-7-17)33(29,30)27(15-18-4-2-3-5-21(18)25)16-24(28)26-19-8-11-22-23(14-19)32-13-12-31-22/h2-11,14H,12-13,15-16H2,1H3,(H,26,28). The Morgan fingerprint density at radius 2 is 1.70 bits per heavy atom. The van der Waals surface area contributed by atoms with Crippen LogP contribution in [0.25, 0.3) is 0 Å². The normalized spacial score (nSPS) is 13.1. The molecule has 4 rings (SSSR count). The van der Waals surface area contributed by atoms with Gasteiger partial charge in [0.15, 0.2) is 11.5 Å². The van der Waals surface area contributed by atoms with Gasteiger partial charge >= 0.3 is 0 Å². The van der Waals surface area contributed by atoms with Crippen molar-refractivity contribution in [1.82, 2.24) is 4.31 Å². The third-order valence-electron chi connectivity index (χ3n) is 5.11. The van der Waals surface area contributed by atoms with Crippen molar-refractivity contribution in [3.63, 3.8) is 0 Å². The summed E-state index contributed by atoms with van der Waals surface area (Å²) in [6.45, 7) is 1.89. The lowest BCUT2D eigenvalue weighted by atomic mass is 10.2. The number of sulfonamides is 1. The second kappa shape index (κ2) is 9.60. The van der Waals surface area contributed by atoms with Crippen molar-refractivity contribution in [2.24, 2.45) is 0 Å². The van der Waals surface area contributed by atoms with E-state index in [2.05, 4.69) is 5.32 Å². The van der Waals surface area contributed by atoms with Crippen LogP contribution in [0.5, 0.6) is 11.5 Å². The van der Waals surface area contributed by atoms with Crippen molar-refractivity contribution in [1.29, 1.82) is 0 Å². The molecular weight excluding hydrogens is 447 g/mol. The summed E-state index contributed by atoms with van der Waals surface area (Å²) in [7, 11) is -4.07. The lowest BCUT2D eigenvalue weighted by molar-refractivity contribution is -0.116. The number of nitrogens with one attached hydrogen (secondary N) is 1. The first kappa shape index (κ1) is 22.8. The van der Waals surface area contributed by atoms with E-state index in [0.29, 0.717) is 30.4 Å². The number of aryl methyl sites for hydroxylation is 1. The first-order valence-electron chi connectivity index (χ1n) is 10.3. The van der Waals surface area contributed by atoms with E-state index in [4.69, 9.17) is 9.47 Å². The highest BCUT2D eigenvalue weighted by molar-refractivity contribution is 7.89. The van der Waals surface area contributed by atoms with Crippen LogP contribution in [0.2, 0.25) is 0 Å². The Labute approximate surface area is 191 Å².